The van der Waals surface area contributed by atoms with E-state index in [0.717, 1.165) is 50.7 Å². The van der Waals surface area contributed by atoms with Crippen LogP contribution in [0.4, 0.5) is 4.79 Å². The Kier molecular flexibility index (Phi) is 9.83. The third-order valence-electron chi connectivity index (χ3n) is 7.81. The van der Waals surface area contributed by atoms with Crippen LogP contribution in [0.5, 0.6) is 0 Å². The molecule has 0 aromatic heterocycles. The van der Waals surface area contributed by atoms with Gasteiger partial charge in [-0.15, -0.1) is 0 Å². The van der Waals surface area contributed by atoms with Gasteiger partial charge >= 0.3 is 6.03 Å². The Labute approximate surface area is 221 Å². The first-order valence-electron chi connectivity index (χ1n) is 14.2. The van der Waals surface area contributed by atoms with Gasteiger partial charge in [0, 0.05) is 38.7 Å². The Morgan fingerprint density at radius 3 is 2.49 bits per heavy atom. The van der Waals surface area contributed by atoms with Crippen molar-refractivity contribution < 1.29 is 19.1 Å². The first-order chi connectivity index (χ1) is 17.9. The van der Waals surface area contributed by atoms with Crippen LogP contribution in [0.2, 0.25) is 0 Å². The summed E-state index contributed by atoms with van der Waals surface area (Å²) in [5.41, 5.74) is 1.04. The number of nitrogens with zero attached hydrogens (tertiary/aromatic N) is 2. The van der Waals surface area contributed by atoms with Crippen molar-refractivity contribution in [3.8, 4) is 0 Å². The molecule has 1 aromatic carbocycles. The highest BCUT2D eigenvalue weighted by atomic mass is 16.5. The fraction of sp³-hybridized carbons (Fsp3) is 0.690. The van der Waals surface area contributed by atoms with Gasteiger partial charge in [0.15, 0.2) is 0 Å². The minimum absolute atomic E-state index is 0.0349. The van der Waals surface area contributed by atoms with E-state index < -0.39 is 12.1 Å². The van der Waals surface area contributed by atoms with Crippen LogP contribution in [0, 0.1) is 5.92 Å². The third-order valence-corrected chi connectivity index (χ3v) is 7.81. The van der Waals surface area contributed by atoms with E-state index >= 15 is 0 Å². The van der Waals surface area contributed by atoms with Gasteiger partial charge in [-0.25, -0.2) is 4.79 Å². The molecule has 4 rings (SSSR count). The van der Waals surface area contributed by atoms with Crippen molar-refractivity contribution >= 4 is 17.8 Å². The second-order valence-electron chi connectivity index (χ2n) is 11.3. The maximum absolute atomic E-state index is 13.8. The standard InChI is InChI=1S/C29H44N4O4/c1-21(2)16-26-28(35)32(19-22-10-5-3-6-11-22)20-24(17-27(34)30-18-25-14-9-15-37-25)33(26)29(36)31-23-12-7-4-8-13-23/h3,5-6,10-11,21,23-26H,4,7-9,12-20H2,1-2H3,(H,30,34)(H,31,36). The van der Waals surface area contributed by atoms with Crippen molar-refractivity contribution in [1.82, 2.24) is 20.4 Å². The molecule has 1 aromatic rings. The number of urea groups is 1. The average molecular weight is 513 g/mol. The van der Waals surface area contributed by atoms with Gasteiger partial charge in [0.05, 0.1) is 12.1 Å². The molecule has 204 valence electrons. The molecule has 1 saturated carbocycles. The number of carbonyl (C=O) groups is 3. The highest BCUT2D eigenvalue weighted by Crippen LogP contribution is 2.27. The lowest BCUT2D eigenvalue weighted by molar-refractivity contribution is -0.145. The second-order valence-corrected chi connectivity index (χ2v) is 11.3. The summed E-state index contributed by atoms with van der Waals surface area (Å²) in [7, 11) is 0. The van der Waals surface area contributed by atoms with E-state index in [9.17, 15) is 14.4 Å². The van der Waals surface area contributed by atoms with Crippen LogP contribution in [0.3, 0.4) is 0 Å². The zero-order valence-corrected chi connectivity index (χ0v) is 22.5. The number of nitrogens with one attached hydrogen (secondary N) is 2. The first kappa shape index (κ1) is 27.4. The molecule has 3 aliphatic rings. The van der Waals surface area contributed by atoms with E-state index in [-0.39, 0.29) is 42.3 Å². The Morgan fingerprint density at radius 2 is 1.81 bits per heavy atom. The van der Waals surface area contributed by atoms with Crippen LogP contribution in [-0.2, 0) is 20.9 Å². The SMILES string of the molecule is CC(C)CC1C(=O)N(Cc2ccccc2)CC(CC(=O)NCC2CCCO2)N1C(=O)NC1CCCCC1. The van der Waals surface area contributed by atoms with Gasteiger partial charge in [-0.2, -0.15) is 0 Å². The molecule has 8 heteroatoms. The number of benzene rings is 1. The van der Waals surface area contributed by atoms with E-state index in [1.807, 2.05) is 35.2 Å². The van der Waals surface area contributed by atoms with Crippen molar-refractivity contribution in [1.29, 1.82) is 0 Å². The molecule has 3 fully saturated rings. The molecule has 0 bridgehead atoms. The second kappa shape index (κ2) is 13.3. The number of amides is 4. The van der Waals surface area contributed by atoms with Gasteiger partial charge in [0.2, 0.25) is 11.8 Å². The summed E-state index contributed by atoms with van der Waals surface area (Å²) in [6.45, 7) is 6.19. The number of carbonyl (C=O) groups excluding carboxylic acids is 3. The predicted octanol–water partition coefficient (Wildman–Crippen LogP) is 3.84. The highest BCUT2D eigenvalue weighted by molar-refractivity contribution is 5.89. The van der Waals surface area contributed by atoms with Crippen molar-refractivity contribution in [3.05, 3.63) is 35.9 Å². The number of ether oxygens (including phenoxy) is 1. The van der Waals surface area contributed by atoms with Crippen molar-refractivity contribution in [2.24, 2.45) is 5.92 Å². The normalized spacial score (nSPS) is 24.9. The number of hydrogen-bond donors (Lipinski definition) is 2. The number of rotatable bonds is 9. The summed E-state index contributed by atoms with van der Waals surface area (Å²) < 4.78 is 5.65. The van der Waals surface area contributed by atoms with Crippen LogP contribution >= 0.6 is 0 Å². The monoisotopic (exact) mass is 512 g/mol. The quantitative estimate of drug-likeness (QED) is 0.526. The molecule has 2 aliphatic heterocycles. The van der Waals surface area contributed by atoms with Gasteiger partial charge < -0.3 is 25.2 Å². The fourth-order valence-corrected chi connectivity index (χ4v) is 5.91. The van der Waals surface area contributed by atoms with Crippen molar-refractivity contribution in [3.63, 3.8) is 0 Å². The molecule has 2 heterocycles. The van der Waals surface area contributed by atoms with E-state index in [1.54, 1.807) is 4.90 Å². The molecular weight excluding hydrogens is 468 g/mol. The summed E-state index contributed by atoms with van der Waals surface area (Å²) in [6, 6.07) is 8.86. The van der Waals surface area contributed by atoms with E-state index in [0.29, 0.717) is 26.1 Å². The van der Waals surface area contributed by atoms with Crippen LogP contribution in [-0.4, -0.2) is 71.6 Å². The summed E-state index contributed by atoms with van der Waals surface area (Å²) in [4.78, 5) is 44.1. The highest BCUT2D eigenvalue weighted by Gasteiger charge is 2.44. The first-order valence-corrected chi connectivity index (χ1v) is 14.2. The van der Waals surface area contributed by atoms with Gasteiger partial charge in [0.25, 0.3) is 0 Å². The van der Waals surface area contributed by atoms with E-state index in [4.69, 9.17) is 4.74 Å². The molecule has 8 nitrogen and oxygen atoms in total. The zero-order chi connectivity index (χ0) is 26.2. The van der Waals surface area contributed by atoms with Crippen LogP contribution in [0.1, 0.15) is 77.2 Å². The summed E-state index contributed by atoms with van der Waals surface area (Å²) in [6.07, 6.45) is 8.12. The summed E-state index contributed by atoms with van der Waals surface area (Å²) >= 11 is 0. The zero-order valence-electron chi connectivity index (χ0n) is 22.5. The largest absolute Gasteiger partial charge is 0.376 e. The van der Waals surface area contributed by atoms with E-state index in [2.05, 4.69) is 24.5 Å². The average Bonchev–Trinajstić information content (AvgIpc) is 3.40. The number of piperazine rings is 1. The maximum atomic E-state index is 13.8. The fourth-order valence-electron chi connectivity index (χ4n) is 5.91. The molecule has 2 N–H and O–H groups in total. The van der Waals surface area contributed by atoms with E-state index in [1.165, 1.54) is 6.42 Å². The Morgan fingerprint density at radius 1 is 1.05 bits per heavy atom. The Hall–Kier alpha value is -2.61. The molecule has 3 unspecified atom stereocenters. The molecule has 37 heavy (non-hydrogen) atoms. The van der Waals surface area contributed by atoms with Crippen LogP contribution in [0.25, 0.3) is 0 Å². The molecular formula is C29H44N4O4. The van der Waals surface area contributed by atoms with Crippen molar-refractivity contribution in [2.45, 2.75) is 102 Å². The summed E-state index contributed by atoms with van der Waals surface area (Å²) in [5, 5.41) is 6.24. The van der Waals surface area contributed by atoms with Crippen LogP contribution in [0.15, 0.2) is 30.3 Å². The van der Waals surface area contributed by atoms with Crippen LogP contribution < -0.4 is 10.6 Å². The lowest BCUT2D eigenvalue weighted by Gasteiger charge is -2.47. The summed E-state index contributed by atoms with van der Waals surface area (Å²) in [5.74, 6) is 0.0882. The molecule has 2 saturated heterocycles. The predicted molar refractivity (Wildman–Crippen MR) is 143 cm³/mol. The lowest BCUT2D eigenvalue weighted by Crippen LogP contribution is -2.66. The topological polar surface area (TPSA) is 91.0 Å². The number of hydrogen-bond acceptors (Lipinski definition) is 4. The Balaban J connectivity index is 1.53. The van der Waals surface area contributed by atoms with Crippen molar-refractivity contribution in [2.75, 3.05) is 19.7 Å². The molecule has 1 aliphatic carbocycles. The third kappa shape index (κ3) is 7.69. The molecule has 0 radical (unpaired) electrons. The molecule has 0 spiro atoms. The van der Waals surface area contributed by atoms with Gasteiger partial charge in [0.1, 0.15) is 6.04 Å². The lowest BCUT2D eigenvalue weighted by atomic mass is 9.93. The molecule has 4 amide bonds. The van der Waals surface area contributed by atoms with Gasteiger partial charge in [-0.3, -0.25) is 9.59 Å². The minimum atomic E-state index is -0.586. The minimum Gasteiger partial charge on any atom is -0.376 e. The Bertz CT molecular complexity index is 896. The maximum Gasteiger partial charge on any atom is 0.318 e. The van der Waals surface area contributed by atoms with Gasteiger partial charge in [-0.1, -0.05) is 63.4 Å². The smallest absolute Gasteiger partial charge is 0.318 e. The van der Waals surface area contributed by atoms with Gasteiger partial charge in [-0.05, 0) is 43.6 Å². The molecule has 3 atom stereocenters.